The zero-order valence-corrected chi connectivity index (χ0v) is 34.1. The molecule has 7 rings (SSSR count). The summed E-state index contributed by atoms with van der Waals surface area (Å²) < 4.78 is 14.3. The maximum Gasteiger partial charge on any atom is 0.320 e. The second kappa shape index (κ2) is 14.7. The number of Topliss-reactive ketones (excluding diaryl/α,β-unsaturated/α-hetero) is 1. The largest absolute Gasteiger partial charge is 0.458 e. The Bertz CT molecular complexity index is 1850. The molecule has 3 saturated carbocycles. The number of esters is 1. The summed E-state index contributed by atoms with van der Waals surface area (Å²) in [6, 6.07) is -0.0823. The third-order valence-corrected chi connectivity index (χ3v) is 15.2. The molecule has 5 aliphatic rings. The summed E-state index contributed by atoms with van der Waals surface area (Å²) in [5.41, 5.74) is 3.61. The number of fused-ring (bicyclic) bond motifs is 1. The summed E-state index contributed by atoms with van der Waals surface area (Å²) in [5, 5.41) is 23.7. The number of anilines is 1. The lowest BCUT2D eigenvalue weighted by Gasteiger charge is -2.64. The second-order valence-electron chi connectivity index (χ2n) is 18.4. The van der Waals surface area contributed by atoms with Crippen molar-refractivity contribution in [3.05, 3.63) is 25.3 Å². The lowest BCUT2D eigenvalue weighted by molar-refractivity contribution is -0.252. The first-order valence-electron chi connectivity index (χ1n) is 20.5. The van der Waals surface area contributed by atoms with Gasteiger partial charge in [0.2, 0.25) is 5.91 Å². The van der Waals surface area contributed by atoms with Gasteiger partial charge in [0.05, 0.1) is 43.3 Å². The van der Waals surface area contributed by atoms with Crippen molar-refractivity contribution in [3.8, 4) is 0 Å². The van der Waals surface area contributed by atoms with E-state index < -0.39 is 51.5 Å². The zero-order chi connectivity index (χ0) is 40.4. The number of carbonyl (C=O) groups is 3. The highest BCUT2D eigenvalue weighted by Gasteiger charge is 2.72. The van der Waals surface area contributed by atoms with E-state index >= 15 is 0 Å². The first-order chi connectivity index (χ1) is 26.4. The van der Waals surface area contributed by atoms with Crippen molar-refractivity contribution in [2.45, 2.75) is 116 Å². The van der Waals surface area contributed by atoms with Crippen molar-refractivity contribution in [1.82, 2.24) is 29.3 Å². The summed E-state index contributed by atoms with van der Waals surface area (Å²) in [5.74, 6) is -0.357. The standard InChI is InChI=1S/C41H62N8O7/c1-8-38(5)21-29(51)40(7)33-27(50)9-11-41(33,26(2)34(38)54)13-12-39(40,6)56-31(53)23-46-15-17-47(18-16-46)30(52)10-14-48-25-45-32-35(48)43-24-44-36(32)49-19-20-55-37(3,4)28(49)22-42/h8,24-26,28-29,33-34,51,54H,1,9-23,42H2,2-7H3. The zero-order valence-electron chi connectivity index (χ0n) is 34.1. The Labute approximate surface area is 330 Å². The minimum absolute atomic E-state index is 0.0120. The molecule has 2 saturated heterocycles. The number of hydrogen-bond donors (Lipinski definition) is 3. The van der Waals surface area contributed by atoms with Crippen LogP contribution in [0.4, 0.5) is 5.82 Å². The van der Waals surface area contributed by atoms with Crippen LogP contribution in [-0.4, -0.2) is 139 Å². The first-order valence-corrected chi connectivity index (χ1v) is 20.5. The van der Waals surface area contributed by atoms with Crippen LogP contribution < -0.4 is 10.6 Å². The van der Waals surface area contributed by atoms with E-state index in [9.17, 15) is 24.6 Å². The Kier molecular flexibility index (Phi) is 10.7. The summed E-state index contributed by atoms with van der Waals surface area (Å²) in [6.45, 7) is 19.8. The predicted octanol–water partition coefficient (Wildman–Crippen LogP) is 2.32. The summed E-state index contributed by atoms with van der Waals surface area (Å²) in [7, 11) is 0. The normalized spacial score (nSPS) is 37.5. The molecule has 2 aromatic heterocycles. The first kappa shape index (κ1) is 40.7. The quantitative estimate of drug-likeness (QED) is 0.249. The highest BCUT2D eigenvalue weighted by Crippen LogP contribution is 2.69. The fraction of sp³-hybridized carbons (Fsp3) is 0.756. The average Bonchev–Trinajstić information content (AvgIpc) is 3.75. The van der Waals surface area contributed by atoms with Crippen LogP contribution in [0, 0.1) is 28.1 Å². The second-order valence-corrected chi connectivity index (χ2v) is 18.4. The molecule has 1 amide bonds. The molecule has 3 aliphatic carbocycles. The molecule has 9 unspecified atom stereocenters. The van der Waals surface area contributed by atoms with Crippen LogP contribution in [0.5, 0.6) is 0 Å². The van der Waals surface area contributed by atoms with E-state index in [0.717, 1.165) is 0 Å². The van der Waals surface area contributed by atoms with Crippen molar-refractivity contribution < 1.29 is 34.1 Å². The summed E-state index contributed by atoms with van der Waals surface area (Å²) >= 11 is 0. The Morgan fingerprint density at radius 2 is 1.79 bits per heavy atom. The number of rotatable bonds is 9. The van der Waals surface area contributed by atoms with Crippen molar-refractivity contribution in [2.75, 3.05) is 57.3 Å². The molecule has 15 nitrogen and oxygen atoms in total. The fourth-order valence-corrected chi connectivity index (χ4v) is 11.4. The van der Waals surface area contributed by atoms with Gasteiger partial charge in [0, 0.05) is 75.4 Å². The summed E-state index contributed by atoms with van der Waals surface area (Å²) in [4.78, 5) is 60.7. The van der Waals surface area contributed by atoms with Gasteiger partial charge in [0.15, 0.2) is 17.0 Å². The van der Waals surface area contributed by atoms with Gasteiger partial charge < -0.3 is 39.8 Å². The Balaban J connectivity index is 0.966. The highest BCUT2D eigenvalue weighted by molar-refractivity contribution is 5.86. The molecule has 2 aliphatic heterocycles. The van der Waals surface area contributed by atoms with E-state index in [2.05, 4.69) is 26.4 Å². The molecule has 4 heterocycles. The fourth-order valence-electron chi connectivity index (χ4n) is 11.4. The third kappa shape index (κ3) is 6.45. The van der Waals surface area contributed by atoms with Gasteiger partial charge in [0.25, 0.3) is 0 Å². The van der Waals surface area contributed by atoms with E-state index in [1.807, 2.05) is 55.9 Å². The molecule has 9 atom stereocenters. The minimum Gasteiger partial charge on any atom is -0.458 e. The van der Waals surface area contributed by atoms with Gasteiger partial charge in [-0.1, -0.05) is 26.8 Å². The van der Waals surface area contributed by atoms with Crippen molar-refractivity contribution >= 4 is 34.6 Å². The van der Waals surface area contributed by atoms with Crippen LogP contribution >= 0.6 is 0 Å². The van der Waals surface area contributed by atoms with Crippen LogP contribution in [0.2, 0.25) is 0 Å². The van der Waals surface area contributed by atoms with Gasteiger partial charge >= 0.3 is 5.97 Å². The topological polar surface area (TPSA) is 189 Å². The molecule has 0 aromatic carbocycles. The summed E-state index contributed by atoms with van der Waals surface area (Å²) in [6.07, 6.45) is 5.79. The number of aliphatic hydroxyl groups is 2. The van der Waals surface area contributed by atoms with Crippen LogP contribution in [0.3, 0.4) is 0 Å². The molecule has 2 bridgehead atoms. The molecule has 4 N–H and O–H groups in total. The van der Waals surface area contributed by atoms with E-state index in [-0.39, 0.29) is 43.0 Å². The Morgan fingerprint density at radius 1 is 1.05 bits per heavy atom. The average molecular weight is 779 g/mol. The van der Waals surface area contributed by atoms with Gasteiger partial charge in [-0.25, -0.2) is 15.0 Å². The number of morpholine rings is 1. The predicted molar refractivity (Wildman–Crippen MR) is 209 cm³/mol. The smallest absolute Gasteiger partial charge is 0.320 e. The number of piperazine rings is 1. The van der Waals surface area contributed by atoms with Gasteiger partial charge in [-0.2, -0.15) is 0 Å². The third-order valence-electron chi connectivity index (χ3n) is 15.2. The number of amides is 1. The number of aryl methyl sites for hydroxylation is 1. The molecular formula is C41H62N8O7. The van der Waals surface area contributed by atoms with Crippen molar-refractivity contribution in [1.29, 1.82) is 0 Å². The number of aliphatic hydroxyl groups excluding tert-OH is 2. The van der Waals surface area contributed by atoms with Crippen LogP contribution in [0.25, 0.3) is 11.2 Å². The molecule has 308 valence electrons. The van der Waals surface area contributed by atoms with Gasteiger partial charge in [-0.05, 0) is 57.8 Å². The SMILES string of the molecule is C=CC1(C)CC(O)C2(C)C3C(=O)CCC3(CCC2(C)OC(=O)CN2CCN(C(=O)CCn3cnc4c(N5CCOC(C)(C)C5CN)ncnc43)CC2)C(C)C1O. The number of imidazole rings is 1. The van der Waals surface area contributed by atoms with Gasteiger partial charge in [0.1, 0.15) is 17.7 Å². The lowest BCUT2D eigenvalue weighted by atomic mass is 9.42. The number of hydrogen-bond acceptors (Lipinski definition) is 13. The molecule has 2 aromatic rings. The maximum absolute atomic E-state index is 13.8. The number of nitrogens with two attached hydrogens (primary N) is 1. The van der Waals surface area contributed by atoms with Crippen LogP contribution in [0.1, 0.15) is 80.1 Å². The lowest BCUT2D eigenvalue weighted by Crippen LogP contribution is -2.69. The van der Waals surface area contributed by atoms with E-state index in [1.54, 1.807) is 12.4 Å². The molecule has 15 heteroatoms. The van der Waals surface area contributed by atoms with E-state index in [4.69, 9.17) is 15.2 Å². The van der Waals surface area contributed by atoms with Gasteiger partial charge in [-0.15, -0.1) is 6.58 Å². The number of carbonyl (C=O) groups excluding carboxylic acids is 3. The van der Waals surface area contributed by atoms with Crippen molar-refractivity contribution in [2.24, 2.45) is 33.8 Å². The number of ketones is 1. The minimum atomic E-state index is -1.10. The number of nitrogens with zero attached hydrogens (tertiary/aromatic N) is 7. The van der Waals surface area contributed by atoms with Gasteiger partial charge in [-0.3, -0.25) is 19.3 Å². The monoisotopic (exact) mass is 778 g/mol. The molecular weight excluding hydrogens is 716 g/mol. The van der Waals surface area contributed by atoms with Crippen LogP contribution in [0.15, 0.2) is 25.3 Å². The van der Waals surface area contributed by atoms with E-state index in [1.165, 1.54) is 6.33 Å². The molecule has 5 fully saturated rings. The maximum atomic E-state index is 13.8. The Hall–Kier alpha value is -3.50. The van der Waals surface area contributed by atoms with Crippen molar-refractivity contribution in [3.63, 3.8) is 0 Å². The molecule has 56 heavy (non-hydrogen) atoms. The molecule has 0 radical (unpaired) electrons. The Morgan fingerprint density at radius 3 is 2.48 bits per heavy atom. The number of aromatic nitrogens is 4. The number of ether oxygens (including phenoxy) is 2. The van der Waals surface area contributed by atoms with E-state index in [0.29, 0.717) is 95.1 Å². The molecule has 0 spiro atoms. The highest BCUT2D eigenvalue weighted by atomic mass is 16.6. The van der Waals surface area contributed by atoms with Crippen LogP contribution in [-0.2, 0) is 30.4 Å².